The maximum Gasteiger partial charge on any atom is 0.433 e. The van der Waals surface area contributed by atoms with Gasteiger partial charge in [0.2, 0.25) is 0 Å². The van der Waals surface area contributed by atoms with Crippen molar-refractivity contribution in [3.63, 3.8) is 0 Å². The topological polar surface area (TPSA) is 64.9 Å². The average molecular weight is 229 g/mol. The van der Waals surface area contributed by atoms with Crippen LogP contribution in [0.4, 0.5) is 18.9 Å². The van der Waals surface area contributed by atoms with E-state index in [9.17, 15) is 13.2 Å². The second-order valence-corrected chi connectivity index (χ2v) is 3.04. The molecule has 0 saturated carbocycles. The molecule has 0 bridgehead atoms. The van der Waals surface area contributed by atoms with Gasteiger partial charge in [-0.25, -0.2) is 0 Å². The van der Waals surface area contributed by atoms with E-state index in [0.29, 0.717) is 5.56 Å². The van der Waals surface area contributed by atoms with Gasteiger partial charge < -0.3 is 10.3 Å². The summed E-state index contributed by atoms with van der Waals surface area (Å²) in [5.41, 5.74) is 5.13. The minimum Gasteiger partial charge on any atom is -0.394 e. The summed E-state index contributed by atoms with van der Waals surface area (Å²) < 4.78 is 41.4. The molecule has 2 N–H and O–H groups in total. The van der Waals surface area contributed by atoms with Gasteiger partial charge in [0.25, 0.3) is 0 Å². The number of rotatable bonds is 1. The molecule has 7 heteroatoms. The highest BCUT2D eigenvalue weighted by atomic mass is 19.4. The summed E-state index contributed by atoms with van der Waals surface area (Å²) in [7, 11) is 0. The fraction of sp³-hybridized carbons (Fsp3) is 0.111. The van der Waals surface area contributed by atoms with E-state index in [0.717, 1.165) is 12.3 Å². The molecular formula is C9H6F3N3O. The average Bonchev–Trinajstić information content (AvgIpc) is 2.63. The van der Waals surface area contributed by atoms with Crippen LogP contribution in [-0.2, 0) is 6.18 Å². The van der Waals surface area contributed by atoms with Gasteiger partial charge in [0.05, 0.1) is 6.20 Å². The molecule has 2 aromatic rings. The smallest absolute Gasteiger partial charge is 0.394 e. The Bertz CT molecular complexity index is 489. The number of aromatic nitrogens is 2. The third kappa shape index (κ3) is 1.83. The molecule has 2 rings (SSSR count). The van der Waals surface area contributed by atoms with Gasteiger partial charge in [-0.05, 0) is 12.1 Å². The van der Waals surface area contributed by atoms with Gasteiger partial charge in [0.15, 0.2) is 5.76 Å². The van der Waals surface area contributed by atoms with Gasteiger partial charge in [-0.2, -0.15) is 13.2 Å². The van der Waals surface area contributed by atoms with E-state index in [4.69, 9.17) is 10.3 Å². The summed E-state index contributed by atoms with van der Waals surface area (Å²) in [6.07, 6.45) is -2.14. The number of hydrogen-bond acceptors (Lipinski definition) is 4. The first-order valence-electron chi connectivity index (χ1n) is 4.22. The predicted octanol–water partition coefficient (Wildman–Crippen LogP) is 2.34. The predicted molar refractivity (Wildman–Crippen MR) is 49.1 cm³/mol. The van der Waals surface area contributed by atoms with E-state index >= 15 is 0 Å². The van der Waals surface area contributed by atoms with Crippen LogP contribution >= 0.6 is 0 Å². The van der Waals surface area contributed by atoms with Crippen molar-refractivity contribution in [1.82, 2.24) is 10.1 Å². The summed E-state index contributed by atoms with van der Waals surface area (Å²) in [4.78, 5) is 3.28. The van der Waals surface area contributed by atoms with Gasteiger partial charge in [-0.1, -0.05) is 5.16 Å². The van der Waals surface area contributed by atoms with Crippen molar-refractivity contribution in [2.24, 2.45) is 0 Å². The largest absolute Gasteiger partial charge is 0.433 e. The molecule has 0 fully saturated rings. The van der Waals surface area contributed by atoms with Crippen molar-refractivity contribution in [2.45, 2.75) is 6.18 Å². The minimum absolute atomic E-state index is 0.209. The maximum atomic E-state index is 12.2. The Kier molecular flexibility index (Phi) is 2.30. The Morgan fingerprint density at radius 2 is 1.94 bits per heavy atom. The lowest BCUT2D eigenvalue weighted by Gasteiger charge is -2.05. The van der Waals surface area contributed by atoms with E-state index in [1.165, 1.54) is 12.3 Å². The Hall–Kier alpha value is -2.05. The lowest BCUT2D eigenvalue weighted by atomic mass is 10.2. The molecule has 4 nitrogen and oxygen atoms in total. The molecule has 0 radical (unpaired) electrons. The number of nitrogens with zero attached hydrogens (tertiary/aromatic N) is 2. The molecule has 0 aliphatic carbocycles. The number of alkyl halides is 3. The zero-order chi connectivity index (χ0) is 11.8. The Labute approximate surface area is 87.9 Å². The number of hydrogen-bond donors (Lipinski definition) is 1. The second-order valence-electron chi connectivity index (χ2n) is 3.04. The molecule has 0 amide bonds. The number of anilines is 1. The van der Waals surface area contributed by atoms with E-state index in [2.05, 4.69) is 10.1 Å². The van der Waals surface area contributed by atoms with Crippen molar-refractivity contribution in [3.05, 3.63) is 30.2 Å². The quantitative estimate of drug-likeness (QED) is 0.815. The first-order chi connectivity index (χ1) is 7.48. The number of nitrogen functional groups attached to an aromatic ring is 1. The van der Waals surface area contributed by atoms with Crippen molar-refractivity contribution in [1.29, 1.82) is 0 Å². The van der Waals surface area contributed by atoms with Gasteiger partial charge in [-0.3, -0.25) is 4.98 Å². The molecule has 0 aliphatic rings. The van der Waals surface area contributed by atoms with Crippen LogP contribution in [0.25, 0.3) is 11.3 Å². The highest BCUT2D eigenvalue weighted by Crippen LogP contribution is 2.30. The first kappa shape index (κ1) is 10.5. The third-order valence-corrected chi connectivity index (χ3v) is 1.91. The highest BCUT2D eigenvalue weighted by Gasteiger charge is 2.32. The molecule has 2 heterocycles. The van der Waals surface area contributed by atoms with Crippen molar-refractivity contribution in [3.8, 4) is 11.3 Å². The number of pyridine rings is 1. The van der Waals surface area contributed by atoms with Crippen LogP contribution in [0.15, 0.2) is 29.0 Å². The number of nitrogens with two attached hydrogens (primary N) is 1. The maximum absolute atomic E-state index is 12.2. The Morgan fingerprint density at radius 3 is 2.38 bits per heavy atom. The van der Waals surface area contributed by atoms with Crippen molar-refractivity contribution < 1.29 is 17.7 Å². The standard InChI is InChI=1S/C9H6F3N3O/c10-9(11,12)7-2-1-5(3-14-7)8-6(13)4-15-16-8/h1-4H,13H2. The summed E-state index contributed by atoms with van der Waals surface area (Å²) in [5, 5.41) is 3.42. The molecule has 16 heavy (non-hydrogen) atoms. The summed E-state index contributed by atoms with van der Waals surface area (Å²) in [6, 6.07) is 2.09. The van der Waals surface area contributed by atoms with E-state index in [1.54, 1.807) is 0 Å². The molecule has 0 aliphatic heterocycles. The van der Waals surface area contributed by atoms with Crippen LogP contribution in [0.5, 0.6) is 0 Å². The number of halogens is 3. The van der Waals surface area contributed by atoms with Crippen LogP contribution in [-0.4, -0.2) is 10.1 Å². The monoisotopic (exact) mass is 229 g/mol. The van der Waals surface area contributed by atoms with Crippen LogP contribution in [0.3, 0.4) is 0 Å². The van der Waals surface area contributed by atoms with E-state index in [1.807, 2.05) is 0 Å². The Balaban J connectivity index is 2.37. The van der Waals surface area contributed by atoms with Gasteiger partial charge >= 0.3 is 6.18 Å². The zero-order valence-corrected chi connectivity index (χ0v) is 7.82. The highest BCUT2D eigenvalue weighted by molar-refractivity contribution is 5.69. The molecule has 0 unspecified atom stereocenters. The summed E-state index contributed by atoms with van der Waals surface area (Å²) in [5.74, 6) is 0.209. The molecule has 84 valence electrons. The first-order valence-corrected chi connectivity index (χ1v) is 4.22. The SMILES string of the molecule is Nc1cnoc1-c1ccc(C(F)(F)F)nc1. The molecule has 0 atom stereocenters. The van der Waals surface area contributed by atoms with Crippen LogP contribution in [0.1, 0.15) is 5.69 Å². The second kappa shape index (κ2) is 3.51. The van der Waals surface area contributed by atoms with Crippen molar-refractivity contribution in [2.75, 3.05) is 5.73 Å². The van der Waals surface area contributed by atoms with Crippen LogP contribution < -0.4 is 5.73 Å². The van der Waals surface area contributed by atoms with Gasteiger partial charge in [0, 0.05) is 11.8 Å². The summed E-state index contributed by atoms with van der Waals surface area (Å²) in [6.45, 7) is 0. The molecule has 0 aromatic carbocycles. The fourth-order valence-electron chi connectivity index (χ4n) is 1.16. The van der Waals surface area contributed by atoms with E-state index in [-0.39, 0.29) is 11.4 Å². The normalized spacial score (nSPS) is 11.7. The lowest BCUT2D eigenvalue weighted by Crippen LogP contribution is -2.07. The van der Waals surface area contributed by atoms with Gasteiger partial charge in [0.1, 0.15) is 11.4 Å². The fourth-order valence-corrected chi connectivity index (χ4v) is 1.16. The van der Waals surface area contributed by atoms with Crippen LogP contribution in [0.2, 0.25) is 0 Å². The van der Waals surface area contributed by atoms with Crippen LogP contribution in [0, 0.1) is 0 Å². The van der Waals surface area contributed by atoms with Gasteiger partial charge in [-0.15, -0.1) is 0 Å². The minimum atomic E-state index is -4.45. The molecule has 0 saturated heterocycles. The molecule has 0 spiro atoms. The van der Waals surface area contributed by atoms with Crippen molar-refractivity contribution >= 4 is 5.69 Å². The molecular weight excluding hydrogens is 223 g/mol. The zero-order valence-electron chi connectivity index (χ0n) is 7.82. The van der Waals surface area contributed by atoms with E-state index < -0.39 is 11.9 Å². The molecule has 2 aromatic heterocycles. The Morgan fingerprint density at radius 1 is 1.19 bits per heavy atom. The third-order valence-electron chi connectivity index (χ3n) is 1.91. The lowest BCUT2D eigenvalue weighted by molar-refractivity contribution is -0.141. The summed E-state index contributed by atoms with van der Waals surface area (Å²) >= 11 is 0.